The van der Waals surface area contributed by atoms with E-state index in [0.29, 0.717) is 44.0 Å². The van der Waals surface area contributed by atoms with Crippen molar-refractivity contribution in [2.45, 2.75) is 45.1 Å². The Labute approximate surface area is 204 Å². The lowest BCUT2D eigenvalue weighted by Gasteiger charge is -2.33. The summed E-state index contributed by atoms with van der Waals surface area (Å²) in [4.78, 5) is 32.4. The lowest BCUT2D eigenvalue weighted by atomic mass is 10.0. The van der Waals surface area contributed by atoms with Crippen LogP contribution in [0.25, 0.3) is 0 Å². The number of para-hydroxylation sites is 1. The van der Waals surface area contributed by atoms with Gasteiger partial charge in [0.15, 0.2) is 0 Å². The lowest BCUT2D eigenvalue weighted by molar-refractivity contribution is -0.135. The van der Waals surface area contributed by atoms with Crippen LogP contribution in [0.1, 0.15) is 48.5 Å². The molecule has 0 bridgehead atoms. The monoisotopic (exact) mass is 465 g/mol. The molecule has 6 nitrogen and oxygen atoms in total. The van der Waals surface area contributed by atoms with Crippen LogP contribution in [0.5, 0.6) is 5.75 Å². The van der Waals surface area contributed by atoms with Crippen LogP contribution in [0.15, 0.2) is 54.6 Å². The fourth-order valence-electron chi connectivity index (χ4n) is 4.48. The van der Waals surface area contributed by atoms with E-state index >= 15 is 0 Å². The van der Waals surface area contributed by atoms with Gasteiger partial charge in [0.1, 0.15) is 12.4 Å². The van der Waals surface area contributed by atoms with E-state index in [4.69, 9.17) is 4.74 Å². The van der Waals surface area contributed by atoms with Gasteiger partial charge in [-0.3, -0.25) is 9.59 Å². The van der Waals surface area contributed by atoms with Crippen molar-refractivity contribution < 1.29 is 14.3 Å². The van der Waals surface area contributed by atoms with Gasteiger partial charge in [-0.15, -0.1) is 0 Å². The van der Waals surface area contributed by atoms with Crippen LogP contribution in [-0.2, 0) is 11.2 Å². The van der Waals surface area contributed by atoms with Gasteiger partial charge in [-0.05, 0) is 58.0 Å². The minimum atomic E-state index is -0.122. The van der Waals surface area contributed by atoms with E-state index in [2.05, 4.69) is 12.1 Å². The maximum Gasteiger partial charge on any atom is 0.257 e. The van der Waals surface area contributed by atoms with Crippen LogP contribution in [0.2, 0.25) is 0 Å². The van der Waals surface area contributed by atoms with E-state index in [9.17, 15) is 9.59 Å². The first-order valence-corrected chi connectivity index (χ1v) is 12.5. The Morgan fingerprint density at radius 2 is 1.65 bits per heavy atom. The SMILES string of the molecule is CCN1CCCCCCN(C(=O)CN(C)C)[C@@H](Cc2ccccc2)COc2ccccc2C1=O. The van der Waals surface area contributed by atoms with Gasteiger partial charge in [-0.2, -0.15) is 0 Å². The average molecular weight is 466 g/mol. The van der Waals surface area contributed by atoms with E-state index in [1.807, 2.05) is 78.2 Å². The molecule has 184 valence electrons. The highest BCUT2D eigenvalue weighted by Gasteiger charge is 2.26. The van der Waals surface area contributed by atoms with Gasteiger partial charge in [0.05, 0.1) is 18.2 Å². The number of carbonyl (C=O) groups is 2. The molecule has 1 aliphatic rings. The molecule has 0 N–H and O–H groups in total. The summed E-state index contributed by atoms with van der Waals surface area (Å²) in [6.07, 6.45) is 4.69. The molecule has 1 atom stereocenters. The topological polar surface area (TPSA) is 53.1 Å². The maximum atomic E-state index is 13.3. The third-order valence-corrected chi connectivity index (χ3v) is 6.32. The summed E-state index contributed by atoms with van der Waals surface area (Å²) in [5.41, 5.74) is 1.76. The molecule has 0 saturated carbocycles. The normalized spacial score (nSPS) is 18.2. The molecule has 1 aliphatic heterocycles. The fraction of sp³-hybridized carbons (Fsp3) is 0.500. The number of likely N-dealkylation sites (N-methyl/N-ethyl adjacent to an activating group) is 1. The molecule has 0 aliphatic carbocycles. The predicted octanol–water partition coefficient (Wildman–Crippen LogP) is 4.10. The van der Waals surface area contributed by atoms with Gasteiger partial charge in [-0.25, -0.2) is 0 Å². The third kappa shape index (κ3) is 7.32. The number of hydrogen-bond donors (Lipinski definition) is 0. The number of fused-ring (bicyclic) bond motifs is 1. The molecular weight excluding hydrogens is 426 g/mol. The molecule has 6 heteroatoms. The smallest absolute Gasteiger partial charge is 0.257 e. The van der Waals surface area contributed by atoms with Crippen LogP contribution in [0, 0.1) is 0 Å². The Bertz CT molecular complexity index is 916. The molecule has 0 fully saturated rings. The van der Waals surface area contributed by atoms with Crippen LogP contribution in [-0.4, -0.2) is 79.4 Å². The number of rotatable bonds is 5. The van der Waals surface area contributed by atoms with Gasteiger partial charge in [-0.1, -0.05) is 55.3 Å². The first-order chi connectivity index (χ1) is 16.5. The van der Waals surface area contributed by atoms with E-state index in [0.717, 1.165) is 32.2 Å². The van der Waals surface area contributed by atoms with Gasteiger partial charge in [0.2, 0.25) is 5.91 Å². The zero-order valence-electron chi connectivity index (χ0n) is 20.9. The molecule has 0 spiro atoms. The van der Waals surface area contributed by atoms with Crippen LogP contribution in [0.4, 0.5) is 0 Å². The number of nitrogens with zero attached hydrogens (tertiary/aromatic N) is 3. The lowest BCUT2D eigenvalue weighted by Crippen LogP contribution is -2.48. The van der Waals surface area contributed by atoms with E-state index in [-0.39, 0.29) is 17.9 Å². The Balaban J connectivity index is 1.93. The number of ether oxygens (including phenoxy) is 1. The van der Waals surface area contributed by atoms with Gasteiger partial charge < -0.3 is 19.4 Å². The molecular formula is C28H39N3O3. The molecule has 3 rings (SSSR count). The first-order valence-electron chi connectivity index (χ1n) is 12.5. The Morgan fingerprint density at radius 1 is 0.971 bits per heavy atom. The molecule has 2 amide bonds. The molecule has 0 radical (unpaired) electrons. The van der Waals surface area contributed by atoms with Crippen molar-refractivity contribution in [3.05, 3.63) is 65.7 Å². The molecule has 0 aromatic heterocycles. The van der Waals surface area contributed by atoms with Crippen molar-refractivity contribution in [3.8, 4) is 5.75 Å². The predicted molar refractivity (Wildman–Crippen MR) is 136 cm³/mol. The van der Waals surface area contributed by atoms with E-state index in [1.54, 1.807) is 0 Å². The Morgan fingerprint density at radius 3 is 2.35 bits per heavy atom. The van der Waals surface area contributed by atoms with E-state index < -0.39 is 0 Å². The summed E-state index contributed by atoms with van der Waals surface area (Å²) in [5.74, 6) is 0.708. The summed E-state index contributed by atoms with van der Waals surface area (Å²) >= 11 is 0. The number of amides is 2. The zero-order valence-corrected chi connectivity index (χ0v) is 20.9. The highest BCUT2D eigenvalue weighted by Crippen LogP contribution is 2.23. The second-order valence-electron chi connectivity index (χ2n) is 9.27. The quantitative estimate of drug-likeness (QED) is 0.667. The molecule has 1 heterocycles. The fourth-order valence-corrected chi connectivity index (χ4v) is 4.48. The standard InChI is InChI=1S/C28H39N3O3/c1-4-30-18-12-5-6-13-19-31(27(32)21-29(2)3)24(20-23-14-8-7-9-15-23)22-34-26-17-11-10-16-25(26)28(30)33/h7-11,14-17,24H,4-6,12-13,18-22H2,1-3H3/t24-/m0/s1. The summed E-state index contributed by atoms with van der Waals surface area (Å²) in [7, 11) is 3.85. The Hall–Kier alpha value is -2.86. The second kappa shape index (κ2) is 13.1. The molecule has 2 aromatic carbocycles. The molecule has 0 saturated heterocycles. The highest BCUT2D eigenvalue weighted by atomic mass is 16.5. The van der Waals surface area contributed by atoms with Crippen molar-refractivity contribution in [2.24, 2.45) is 0 Å². The van der Waals surface area contributed by atoms with Gasteiger partial charge in [0, 0.05) is 19.6 Å². The maximum absolute atomic E-state index is 13.3. The van der Waals surface area contributed by atoms with E-state index in [1.165, 1.54) is 5.56 Å². The van der Waals surface area contributed by atoms with Crippen molar-refractivity contribution >= 4 is 11.8 Å². The minimum absolute atomic E-state index is 0.00955. The first kappa shape index (κ1) is 25.8. The average Bonchev–Trinajstić information content (AvgIpc) is 2.83. The summed E-state index contributed by atoms with van der Waals surface area (Å²) in [6.45, 7) is 4.86. The number of benzene rings is 2. The highest BCUT2D eigenvalue weighted by molar-refractivity contribution is 5.96. The second-order valence-corrected chi connectivity index (χ2v) is 9.27. The van der Waals surface area contributed by atoms with Crippen molar-refractivity contribution in [1.29, 1.82) is 0 Å². The molecule has 34 heavy (non-hydrogen) atoms. The van der Waals surface area contributed by atoms with Crippen molar-refractivity contribution in [2.75, 3.05) is 46.9 Å². The van der Waals surface area contributed by atoms with Crippen LogP contribution < -0.4 is 4.74 Å². The van der Waals surface area contributed by atoms with Crippen molar-refractivity contribution in [3.63, 3.8) is 0 Å². The number of carbonyl (C=O) groups excluding carboxylic acids is 2. The van der Waals surface area contributed by atoms with Crippen LogP contribution in [0.3, 0.4) is 0 Å². The summed E-state index contributed by atoms with van der Waals surface area (Å²) in [5, 5.41) is 0. The minimum Gasteiger partial charge on any atom is -0.491 e. The Kier molecular flexibility index (Phi) is 9.95. The largest absolute Gasteiger partial charge is 0.491 e. The molecule has 2 aromatic rings. The molecule has 0 unspecified atom stereocenters. The van der Waals surface area contributed by atoms with Gasteiger partial charge in [0.25, 0.3) is 5.91 Å². The summed E-state index contributed by atoms with van der Waals surface area (Å²) < 4.78 is 6.31. The van der Waals surface area contributed by atoms with Gasteiger partial charge >= 0.3 is 0 Å². The zero-order chi connectivity index (χ0) is 24.3. The summed E-state index contributed by atoms with van der Waals surface area (Å²) in [6, 6.07) is 17.6. The van der Waals surface area contributed by atoms with Crippen molar-refractivity contribution in [1.82, 2.24) is 14.7 Å². The third-order valence-electron chi connectivity index (χ3n) is 6.32. The van der Waals surface area contributed by atoms with Crippen LogP contribution >= 0.6 is 0 Å². The number of hydrogen-bond acceptors (Lipinski definition) is 4.